The van der Waals surface area contributed by atoms with Gasteiger partial charge in [0.05, 0.1) is 0 Å². The number of likely N-dealkylation sites (tertiary alicyclic amines) is 1. The van der Waals surface area contributed by atoms with Crippen LogP contribution in [-0.4, -0.2) is 54.6 Å². The monoisotopic (exact) mass is 251 g/mol. The average Bonchev–Trinajstić information content (AvgIpc) is 2.84. The van der Waals surface area contributed by atoms with Gasteiger partial charge in [-0.25, -0.2) is 0 Å². The summed E-state index contributed by atoms with van der Waals surface area (Å²) in [5, 5.41) is 0. The molecular weight excluding hydrogens is 222 g/mol. The zero-order valence-corrected chi connectivity index (χ0v) is 11.9. The van der Waals surface area contributed by atoms with E-state index in [2.05, 4.69) is 16.8 Å². The summed E-state index contributed by atoms with van der Waals surface area (Å²) in [6, 6.07) is 2.19. The van der Waals surface area contributed by atoms with Crippen molar-refractivity contribution in [3.8, 4) is 0 Å². The van der Waals surface area contributed by atoms with Gasteiger partial charge in [0.25, 0.3) is 0 Å². The van der Waals surface area contributed by atoms with Crippen molar-refractivity contribution in [2.24, 2.45) is 11.7 Å². The molecule has 18 heavy (non-hydrogen) atoms. The molecule has 2 aliphatic heterocycles. The molecule has 104 valence electrons. The molecule has 1 aliphatic carbocycles. The van der Waals surface area contributed by atoms with Crippen LogP contribution in [0.25, 0.3) is 0 Å². The lowest BCUT2D eigenvalue weighted by Crippen LogP contribution is -2.38. The summed E-state index contributed by atoms with van der Waals surface area (Å²) < 4.78 is 0. The van der Waals surface area contributed by atoms with E-state index in [1.54, 1.807) is 0 Å². The lowest BCUT2D eigenvalue weighted by atomic mass is 9.99. The summed E-state index contributed by atoms with van der Waals surface area (Å²) >= 11 is 0. The number of hydrogen-bond donors (Lipinski definition) is 1. The first-order chi connectivity index (χ1) is 8.74. The van der Waals surface area contributed by atoms with Crippen LogP contribution >= 0.6 is 0 Å². The molecule has 0 aromatic carbocycles. The summed E-state index contributed by atoms with van der Waals surface area (Å²) in [4.78, 5) is 5.35. The molecule has 2 N–H and O–H groups in total. The zero-order chi connectivity index (χ0) is 12.5. The first-order valence-corrected chi connectivity index (χ1v) is 7.94. The highest BCUT2D eigenvalue weighted by atomic mass is 15.3. The summed E-state index contributed by atoms with van der Waals surface area (Å²) in [6.07, 6.45) is 9.56. The minimum Gasteiger partial charge on any atom is -0.327 e. The highest BCUT2D eigenvalue weighted by Gasteiger charge is 2.34. The van der Waals surface area contributed by atoms with E-state index in [0.717, 1.165) is 18.0 Å². The second-order valence-corrected chi connectivity index (χ2v) is 6.78. The van der Waals surface area contributed by atoms with E-state index in [-0.39, 0.29) is 0 Å². The van der Waals surface area contributed by atoms with Crippen LogP contribution in [0.15, 0.2) is 0 Å². The fourth-order valence-corrected chi connectivity index (χ4v) is 4.35. The lowest BCUT2D eigenvalue weighted by Gasteiger charge is -2.27. The molecule has 4 atom stereocenters. The Morgan fingerprint density at radius 2 is 1.89 bits per heavy atom. The first kappa shape index (κ1) is 12.9. The van der Waals surface area contributed by atoms with Gasteiger partial charge >= 0.3 is 0 Å². The number of fused-ring (bicyclic) bond motifs is 2. The predicted octanol–water partition coefficient (Wildman–Crippen LogP) is 1.67. The molecule has 2 saturated heterocycles. The lowest BCUT2D eigenvalue weighted by molar-refractivity contribution is 0.208. The van der Waals surface area contributed by atoms with Gasteiger partial charge in [-0.2, -0.15) is 0 Å². The Kier molecular flexibility index (Phi) is 3.92. The normalized spacial score (nSPS) is 42.3. The van der Waals surface area contributed by atoms with E-state index >= 15 is 0 Å². The fourth-order valence-electron chi connectivity index (χ4n) is 4.35. The van der Waals surface area contributed by atoms with Crippen LogP contribution in [0.2, 0.25) is 0 Å². The predicted molar refractivity (Wildman–Crippen MR) is 75.6 cm³/mol. The highest BCUT2D eigenvalue weighted by Crippen LogP contribution is 2.30. The molecule has 0 aromatic heterocycles. The second-order valence-electron chi connectivity index (χ2n) is 6.78. The summed E-state index contributed by atoms with van der Waals surface area (Å²) in [6.45, 7) is 3.90. The number of hydrogen-bond acceptors (Lipinski definition) is 3. The van der Waals surface area contributed by atoms with Gasteiger partial charge in [-0.3, -0.25) is 4.90 Å². The smallest absolute Gasteiger partial charge is 0.0223 e. The summed E-state index contributed by atoms with van der Waals surface area (Å²) in [5.74, 6) is 0.808. The Morgan fingerprint density at radius 1 is 1.06 bits per heavy atom. The van der Waals surface area contributed by atoms with Gasteiger partial charge in [-0.05, 0) is 64.6 Å². The average molecular weight is 251 g/mol. The third kappa shape index (κ3) is 2.59. The summed E-state index contributed by atoms with van der Waals surface area (Å²) in [5.41, 5.74) is 6.18. The molecule has 0 radical (unpaired) electrons. The molecule has 3 nitrogen and oxygen atoms in total. The van der Waals surface area contributed by atoms with Gasteiger partial charge in [0.2, 0.25) is 0 Å². The molecule has 0 spiro atoms. The van der Waals surface area contributed by atoms with Crippen molar-refractivity contribution >= 4 is 0 Å². The number of nitrogens with zero attached hydrogens (tertiary/aromatic N) is 2. The number of nitrogens with two attached hydrogens (primary N) is 1. The zero-order valence-electron chi connectivity index (χ0n) is 11.9. The van der Waals surface area contributed by atoms with Crippen LogP contribution in [0, 0.1) is 5.92 Å². The van der Waals surface area contributed by atoms with E-state index in [1.807, 2.05) is 0 Å². The third-order valence-electron chi connectivity index (χ3n) is 5.77. The molecule has 3 aliphatic rings. The maximum Gasteiger partial charge on any atom is 0.0223 e. The Morgan fingerprint density at radius 3 is 2.67 bits per heavy atom. The third-order valence-corrected chi connectivity index (χ3v) is 5.77. The largest absolute Gasteiger partial charge is 0.327 e. The highest BCUT2D eigenvalue weighted by molar-refractivity contribution is 4.91. The molecule has 0 aromatic rings. The molecular formula is C15H29N3. The Hall–Kier alpha value is -0.120. The quantitative estimate of drug-likeness (QED) is 0.828. The molecule has 2 bridgehead atoms. The van der Waals surface area contributed by atoms with Gasteiger partial charge in [-0.1, -0.05) is 6.42 Å². The topological polar surface area (TPSA) is 32.5 Å². The van der Waals surface area contributed by atoms with Crippen molar-refractivity contribution in [2.75, 3.05) is 26.7 Å². The van der Waals surface area contributed by atoms with Gasteiger partial charge in [0.1, 0.15) is 0 Å². The fraction of sp³-hybridized carbons (Fsp3) is 1.00. The van der Waals surface area contributed by atoms with Crippen molar-refractivity contribution in [1.29, 1.82) is 0 Å². The van der Waals surface area contributed by atoms with Crippen molar-refractivity contribution in [3.05, 3.63) is 0 Å². The minimum atomic E-state index is 0.496. The molecule has 1 saturated carbocycles. The Bertz CT molecular complexity index is 281. The van der Waals surface area contributed by atoms with E-state index in [0.29, 0.717) is 6.04 Å². The SMILES string of the molecule is CN1C2CCC1CN(CCC1CCCC1N)CC2. The maximum atomic E-state index is 6.18. The van der Waals surface area contributed by atoms with Crippen LogP contribution in [-0.2, 0) is 0 Å². The van der Waals surface area contributed by atoms with Gasteiger partial charge in [-0.15, -0.1) is 0 Å². The van der Waals surface area contributed by atoms with Gasteiger partial charge < -0.3 is 10.6 Å². The Labute approximate surface area is 112 Å². The van der Waals surface area contributed by atoms with E-state index in [9.17, 15) is 0 Å². The second kappa shape index (κ2) is 5.48. The Balaban J connectivity index is 1.48. The van der Waals surface area contributed by atoms with Crippen LogP contribution < -0.4 is 5.73 Å². The van der Waals surface area contributed by atoms with E-state index in [1.165, 1.54) is 64.6 Å². The van der Waals surface area contributed by atoms with Gasteiger partial charge in [0, 0.05) is 24.7 Å². The van der Waals surface area contributed by atoms with Crippen molar-refractivity contribution in [2.45, 2.75) is 63.1 Å². The van der Waals surface area contributed by atoms with Crippen LogP contribution in [0.5, 0.6) is 0 Å². The van der Waals surface area contributed by atoms with Crippen LogP contribution in [0.4, 0.5) is 0 Å². The number of likely N-dealkylation sites (N-methyl/N-ethyl adjacent to an activating group) is 1. The van der Waals surface area contributed by atoms with Crippen molar-refractivity contribution in [3.63, 3.8) is 0 Å². The molecule has 0 amide bonds. The van der Waals surface area contributed by atoms with Crippen molar-refractivity contribution in [1.82, 2.24) is 9.80 Å². The number of rotatable bonds is 3. The van der Waals surface area contributed by atoms with Crippen LogP contribution in [0.1, 0.15) is 44.9 Å². The van der Waals surface area contributed by atoms with Gasteiger partial charge in [0.15, 0.2) is 0 Å². The molecule has 3 fully saturated rings. The van der Waals surface area contributed by atoms with Crippen molar-refractivity contribution < 1.29 is 0 Å². The summed E-state index contributed by atoms with van der Waals surface area (Å²) in [7, 11) is 2.33. The molecule has 4 unspecified atom stereocenters. The van der Waals surface area contributed by atoms with E-state index < -0.39 is 0 Å². The molecule has 3 heteroatoms. The van der Waals surface area contributed by atoms with Crippen LogP contribution in [0.3, 0.4) is 0 Å². The standard InChI is InChI=1S/C15H29N3/c1-17-13-5-6-14(17)11-18(10-8-13)9-7-12-3-2-4-15(12)16/h12-15H,2-11,16H2,1H3. The maximum absolute atomic E-state index is 6.18. The molecule has 2 heterocycles. The van der Waals surface area contributed by atoms with E-state index in [4.69, 9.17) is 5.73 Å². The molecule has 3 rings (SSSR count). The first-order valence-electron chi connectivity index (χ1n) is 7.94. The minimum absolute atomic E-state index is 0.496.